The predicted octanol–water partition coefficient (Wildman–Crippen LogP) is 3.51. The van der Waals surface area contributed by atoms with E-state index in [1.165, 1.54) is 5.56 Å². The fraction of sp³-hybridized carbons (Fsp3) is 0.417. The van der Waals surface area contributed by atoms with E-state index in [0.29, 0.717) is 26.1 Å². The molecule has 3 atom stereocenters. The Kier molecular flexibility index (Phi) is 8.88. The molecule has 162 valence electrons. The van der Waals surface area contributed by atoms with Gasteiger partial charge < -0.3 is 16.0 Å². The molecule has 6 heteroatoms. The zero-order chi connectivity index (χ0) is 20.8. The molecule has 5 nitrogen and oxygen atoms in total. The smallest absolute Gasteiger partial charge is 0.249 e. The third-order valence-corrected chi connectivity index (χ3v) is 5.56. The van der Waals surface area contributed by atoms with Crippen molar-refractivity contribution in [1.29, 1.82) is 0 Å². The minimum absolute atomic E-state index is 0. The lowest BCUT2D eigenvalue weighted by molar-refractivity contribution is -0.136. The van der Waals surface area contributed by atoms with Crippen molar-refractivity contribution in [2.24, 2.45) is 17.6 Å². The Morgan fingerprint density at radius 2 is 1.63 bits per heavy atom. The van der Waals surface area contributed by atoms with Crippen molar-refractivity contribution in [3.8, 4) is 0 Å². The summed E-state index contributed by atoms with van der Waals surface area (Å²) < 4.78 is 0. The first-order valence-corrected chi connectivity index (χ1v) is 10.4. The van der Waals surface area contributed by atoms with Gasteiger partial charge in [0.2, 0.25) is 11.8 Å². The molecular formula is C24H32ClN3O2. The molecule has 3 rings (SSSR count). The van der Waals surface area contributed by atoms with Crippen LogP contribution in [0.5, 0.6) is 0 Å². The number of carbonyl (C=O) groups is 2. The van der Waals surface area contributed by atoms with Crippen LogP contribution in [0.1, 0.15) is 43.4 Å². The quantitative estimate of drug-likeness (QED) is 0.707. The van der Waals surface area contributed by atoms with Gasteiger partial charge in [0, 0.05) is 25.4 Å². The molecule has 0 aromatic heterocycles. The molecule has 1 saturated heterocycles. The number of hydrogen-bond acceptors (Lipinski definition) is 3. The van der Waals surface area contributed by atoms with E-state index in [2.05, 4.69) is 17.4 Å². The van der Waals surface area contributed by atoms with Crippen molar-refractivity contribution >= 4 is 24.2 Å². The average Bonchev–Trinajstić information content (AvgIpc) is 3.17. The van der Waals surface area contributed by atoms with Crippen molar-refractivity contribution in [2.45, 2.75) is 32.2 Å². The normalized spacial score (nSPS) is 19.3. The zero-order valence-corrected chi connectivity index (χ0v) is 18.5. The molecule has 1 heterocycles. The summed E-state index contributed by atoms with van der Waals surface area (Å²) in [5.74, 6) is 0.496. The minimum atomic E-state index is -0.671. The first-order chi connectivity index (χ1) is 14.0. The maximum absolute atomic E-state index is 13.5. The zero-order valence-electron chi connectivity index (χ0n) is 17.7. The summed E-state index contributed by atoms with van der Waals surface area (Å²) in [6.07, 6.45) is 0.397. The fourth-order valence-electron chi connectivity index (χ4n) is 4.07. The van der Waals surface area contributed by atoms with E-state index < -0.39 is 6.04 Å². The Balaban J connectivity index is 0.00000320. The fourth-order valence-corrected chi connectivity index (χ4v) is 4.07. The lowest BCUT2D eigenvalue weighted by atomic mass is 9.89. The van der Waals surface area contributed by atoms with Gasteiger partial charge in [-0.25, -0.2) is 0 Å². The van der Waals surface area contributed by atoms with Crippen LogP contribution in [0.15, 0.2) is 60.7 Å². The topological polar surface area (TPSA) is 75.4 Å². The average molecular weight is 430 g/mol. The molecule has 1 aliphatic rings. The number of carbonyl (C=O) groups excluding carboxylic acids is 2. The molecule has 2 aromatic carbocycles. The van der Waals surface area contributed by atoms with Crippen molar-refractivity contribution in [3.05, 3.63) is 71.8 Å². The largest absolute Gasteiger partial charge is 0.341 e. The van der Waals surface area contributed by atoms with Gasteiger partial charge >= 0.3 is 0 Å². The monoisotopic (exact) mass is 429 g/mol. The van der Waals surface area contributed by atoms with Crippen molar-refractivity contribution in [1.82, 2.24) is 10.2 Å². The van der Waals surface area contributed by atoms with Crippen LogP contribution in [0.3, 0.4) is 0 Å². The Morgan fingerprint density at radius 1 is 1.03 bits per heavy atom. The van der Waals surface area contributed by atoms with Gasteiger partial charge in [-0.05, 0) is 29.5 Å². The van der Waals surface area contributed by atoms with E-state index >= 15 is 0 Å². The Hall–Kier alpha value is -2.37. The third-order valence-electron chi connectivity index (χ3n) is 5.56. The van der Waals surface area contributed by atoms with Gasteiger partial charge in [0.25, 0.3) is 0 Å². The van der Waals surface area contributed by atoms with Crippen LogP contribution in [0.2, 0.25) is 0 Å². The summed E-state index contributed by atoms with van der Waals surface area (Å²) in [5.41, 5.74) is 8.05. The summed E-state index contributed by atoms with van der Waals surface area (Å²) in [7, 11) is 0. The number of halogens is 1. The van der Waals surface area contributed by atoms with Crippen LogP contribution < -0.4 is 11.1 Å². The summed E-state index contributed by atoms with van der Waals surface area (Å²) in [4.78, 5) is 27.8. The van der Waals surface area contributed by atoms with Gasteiger partial charge in [-0.2, -0.15) is 0 Å². The lowest BCUT2D eigenvalue weighted by Crippen LogP contribution is -2.42. The molecule has 0 saturated carbocycles. The highest BCUT2D eigenvalue weighted by molar-refractivity contribution is 5.89. The van der Waals surface area contributed by atoms with E-state index in [0.717, 1.165) is 5.56 Å². The van der Waals surface area contributed by atoms with Crippen molar-refractivity contribution in [3.63, 3.8) is 0 Å². The number of rotatable bonds is 7. The molecule has 2 aromatic rings. The minimum Gasteiger partial charge on any atom is -0.341 e. The number of nitrogens with two attached hydrogens (primary N) is 1. The van der Waals surface area contributed by atoms with Crippen molar-refractivity contribution in [2.75, 3.05) is 19.6 Å². The number of likely N-dealkylation sites (tertiary alicyclic amines) is 1. The molecule has 0 aliphatic carbocycles. The number of nitrogens with zero attached hydrogens (tertiary/aromatic N) is 1. The summed E-state index contributed by atoms with van der Waals surface area (Å²) in [6.45, 7) is 5.75. The molecule has 1 fully saturated rings. The van der Waals surface area contributed by atoms with Gasteiger partial charge in [0.05, 0.1) is 0 Å². The van der Waals surface area contributed by atoms with Crippen LogP contribution in [0.25, 0.3) is 0 Å². The first kappa shape index (κ1) is 23.9. The van der Waals surface area contributed by atoms with Gasteiger partial charge in [-0.1, -0.05) is 74.5 Å². The first-order valence-electron chi connectivity index (χ1n) is 10.4. The van der Waals surface area contributed by atoms with E-state index in [1.54, 1.807) is 0 Å². The predicted molar refractivity (Wildman–Crippen MR) is 122 cm³/mol. The Labute approximate surface area is 185 Å². The number of amides is 2. The molecule has 0 spiro atoms. The molecule has 3 N–H and O–H groups in total. The standard InChI is InChI=1S/C24H31N3O2.ClH/c1-17(2)13-22(28)26-23(19-11-7-4-8-12-19)24(29)27-15-20(14-25)21(16-27)18-9-5-3-6-10-18;/h3-12,17,20-21,23H,13-16,25H2,1-2H3,(H,26,28);1H/t20-,21+,23?;/m1./s1. The molecule has 0 bridgehead atoms. The highest BCUT2D eigenvalue weighted by atomic mass is 35.5. The molecule has 1 aliphatic heterocycles. The highest BCUT2D eigenvalue weighted by Crippen LogP contribution is 2.33. The Morgan fingerprint density at radius 3 is 2.20 bits per heavy atom. The SMILES string of the molecule is CC(C)CC(=O)NC(C(=O)N1C[C@@H](CN)[C@H](c2ccccc2)C1)c1ccccc1.Cl. The van der Waals surface area contributed by atoms with E-state index in [4.69, 9.17) is 5.73 Å². The van der Waals surface area contributed by atoms with Crippen LogP contribution in [0, 0.1) is 11.8 Å². The van der Waals surface area contributed by atoms with Crippen LogP contribution in [-0.4, -0.2) is 36.3 Å². The second kappa shape index (κ2) is 11.1. The molecular weight excluding hydrogens is 398 g/mol. The van der Waals surface area contributed by atoms with Gasteiger partial charge in [0.1, 0.15) is 6.04 Å². The Bertz CT molecular complexity index is 814. The van der Waals surface area contributed by atoms with E-state index in [9.17, 15) is 9.59 Å². The van der Waals surface area contributed by atoms with Gasteiger partial charge in [-0.15, -0.1) is 12.4 Å². The second-order valence-corrected chi connectivity index (χ2v) is 8.27. The number of benzene rings is 2. The van der Waals surface area contributed by atoms with Crippen molar-refractivity contribution < 1.29 is 9.59 Å². The van der Waals surface area contributed by atoms with Gasteiger partial charge in [-0.3, -0.25) is 9.59 Å². The van der Waals surface area contributed by atoms with Crippen LogP contribution >= 0.6 is 12.4 Å². The van der Waals surface area contributed by atoms with Crippen LogP contribution in [0.4, 0.5) is 0 Å². The van der Waals surface area contributed by atoms with E-state index in [1.807, 2.05) is 67.3 Å². The third kappa shape index (κ3) is 5.83. The summed E-state index contributed by atoms with van der Waals surface area (Å²) in [5, 5.41) is 2.97. The maximum Gasteiger partial charge on any atom is 0.249 e. The molecule has 1 unspecified atom stereocenters. The molecule has 2 amide bonds. The lowest BCUT2D eigenvalue weighted by Gasteiger charge is -2.25. The molecule has 30 heavy (non-hydrogen) atoms. The summed E-state index contributed by atoms with van der Waals surface area (Å²) >= 11 is 0. The second-order valence-electron chi connectivity index (χ2n) is 8.27. The maximum atomic E-state index is 13.5. The van der Waals surface area contributed by atoms with Crippen LogP contribution in [-0.2, 0) is 9.59 Å². The highest BCUT2D eigenvalue weighted by Gasteiger charge is 2.38. The summed E-state index contributed by atoms with van der Waals surface area (Å²) in [6, 6.07) is 19.0. The number of hydrogen-bond donors (Lipinski definition) is 2. The van der Waals surface area contributed by atoms with Gasteiger partial charge in [0.15, 0.2) is 0 Å². The molecule has 0 radical (unpaired) electrons. The van der Waals surface area contributed by atoms with E-state index in [-0.39, 0.29) is 42.0 Å². The number of nitrogens with one attached hydrogen (secondary N) is 1.